The topological polar surface area (TPSA) is 56.4 Å². The number of hydrogen-bond acceptors (Lipinski definition) is 3. The third-order valence-corrected chi connectivity index (χ3v) is 4.29. The molecule has 1 saturated heterocycles. The van der Waals surface area contributed by atoms with Gasteiger partial charge in [0.05, 0.1) is 0 Å². The first-order valence-electron chi connectivity index (χ1n) is 7.88. The quantitative estimate of drug-likeness (QED) is 0.937. The average molecular weight is 311 g/mol. The zero-order valence-corrected chi connectivity index (χ0v) is 13.3. The Bertz CT molecular complexity index is 725. The Hall–Kier alpha value is -2.40. The van der Waals surface area contributed by atoms with Gasteiger partial charge >= 0.3 is 0 Å². The van der Waals surface area contributed by atoms with E-state index in [4.69, 9.17) is 0 Å². The van der Waals surface area contributed by atoms with Crippen LogP contribution >= 0.6 is 0 Å². The molecule has 0 unspecified atom stereocenters. The summed E-state index contributed by atoms with van der Waals surface area (Å²) in [4.78, 5) is 30.6. The van der Waals surface area contributed by atoms with Crippen LogP contribution in [0.4, 0.5) is 0 Å². The number of aryl methyl sites for hydroxylation is 1. The molecule has 1 fully saturated rings. The number of piperazine rings is 1. The molecule has 2 heterocycles. The minimum absolute atomic E-state index is 0.0811. The van der Waals surface area contributed by atoms with E-state index in [-0.39, 0.29) is 11.5 Å². The highest BCUT2D eigenvalue weighted by Gasteiger charge is 2.22. The summed E-state index contributed by atoms with van der Waals surface area (Å²) >= 11 is 0. The molecule has 0 bridgehead atoms. The zero-order chi connectivity index (χ0) is 16.2. The van der Waals surface area contributed by atoms with Gasteiger partial charge in [-0.2, -0.15) is 0 Å². The molecule has 1 amide bonds. The van der Waals surface area contributed by atoms with Crippen LogP contribution in [0.1, 0.15) is 21.5 Å². The fraction of sp³-hybridized carbons (Fsp3) is 0.333. The Morgan fingerprint density at radius 1 is 1.09 bits per heavy atom. The van der Waals surface area contributed by atoms with Crippen molar-refractivity contribution in [2.45, 2.75) is 13.5 Å². The molecule has 0 radical (unpaired) electrons. The summed E-state index contributed by atoms with van der Waals surface area (Å²) in [6.07, 6.45) is 1.76. The van der Waals surface area contributed by atoms with Gasteiger partial charge in [0.15, 0.2) is 0 Å². The van der Waals surface area contributed by atoms with E-state index < -0.39 is 0 Å². The van der Waals surface area contributed by atoms with E-state index in [1.165, 1.54) is 0 Å². The lowest BCUT2D eigenvalue weighted by atomic mass is 10.1. The number of hydrogen-bond donors (Lipinski definition) is 1. The fourth-order valence-electron chi connectivity index (χ4n) is 2.89. The van der Waals surface area contributed by atoms with Crippen LogP contribution in [0.25, 0.3) is 0 Å². The van der Waals surface area contributed by atoms with Gasteiger partial charge in [0.25, 0.3) is 5.91 Å². The first-order valence-corrected chi connectivity index (χ1v) is 7.88. The van der Waals surface area contributed by atoms with Crippen molar-refractivity contribution in [2.75, 3.05) is 26.2 Å². The van der Waals surface area contributed by atoms with E-state index in [9.17, 15) is 9.59 Å². The van der Waals surface area contributed by atoms with E-state index in [2.05, 4.69) is 9.88 Å². The van der Waals surface area contributed by atoms with E-state index in [0.29, 0.717) is 0 Å². The van der Waals surface area contributed by atoms with Gasteiger partial charge in [-0.3, -0.25) is 14.5 Å². The SMILES string of the molecule is Cc1ccccc1C(=O)N1CCN(Cc2ccc(=O)[nH]c2)CC1. The lowest BCUT2D eigenvalue weighted by molar-refractivity contribution is 0.0627. The van der Waals surface area contributed by atoms with E-state index in [0.717, 1.165) is 49.4 Å². The number of aromatic nitrogens is 1. The molecule has 23 heavy (non-hydrogen) atoms. The number of carbonyl (C=O) groups excluding carboxylic acids is 1. The van der Waals surface area contributed by atoms with Crippen molar-refractivity contribution in [3.05, 3.63) is 69.6 Å². The van der Waals surface area contributed by atoms with Gasteiger partial charge in [-0.05, 0) is 24.1 Å². The zero-order valence-electron chi connectivity index (χ0n) is 13.3. The van der Waals surface area contributed by atoms with Crippen molar-refractivity contribution in [1.29, 1.82) is 0 Å². The summed E-state index contributed by atoms with van der Waals surface area (Å²) in [5, 5.41) is 0. The normalized spacial score (nSPS) is 15.6. The maximum absolute atomic E-state index is 12.6. The number of H-pyrrole nitrogens is 1. The molecule has 1 N–H and O–H groups in total. The van der Waals surface area contributed by atoms with Crippen LogP contribution in [0.5, 0.6) is 0 Å². The number of carbonyl (C=O) groups is 1. The maximum atomic E-state index is 12.6. The van der Waals surface area contributed by atoms with Crippen LogP contribution in [0.15, 0.2) is 47.4 Å². The van der Waals surface area contributed by atoms with Gasteiger partial charge < -0.3 is 9.88 Å². The summed E-state index contributed by atoms with van der Waals surface area (Å²) < 4.78 is 0. The molecule has 0 spiro atoms. The van der Waals surface area contributed by atoms with Gasteiger partial charge in [0, 0.05) is 50.6 Å². The largest absolute Gasteiger partial charge is 0.336 e. The van der Waals surface area contributed by atoms with Gasteiger partial charge in [-0.1, -0.05) is 24.3 Å². The standard InChI is InChI=1S/C18H21N3O2/c1-14-4-2-3-5-16(14)18(23)21-10-8-20(9-11-21)13-15-6-7-17(22)19-12-15/h2-7,12H,8-11,13H2,1H3,(H,19,22). The fourth-order valence-corrected chi connectivity index (χ4v) is 2.89. The molecule has 1 aromatic carbocycles. The summed E-state index contributed by atoms with van der Waals surface area (Å²) in [5.74, 6) is 0.117. The summed E-state index contributed by atoms with van der Waals surface area (Å²) in [6, 6.07) is 11.1. The Kier molecular flexibility index (Phi) is 4.57. The predicted molar refractivity (Wildman–Crippen MR) is 89.4 cm³/mol. The number of benzene rings is 1. The van der Waals surface area contributed by atoms with Crippen LogP contribution < -0.4 is 5.56 Å². The molecule has 3 rings (SSSR count). The summed E-state index contributed by atoms with van der Waals surface area (Å²) in [5.41, 5.74) is 2.82. The summed E-state index contributed by atoms with van der Waals surface area (Å²) in [6.45, 7) is 5.92. The molecule has 1 aromatic heterocycles. The third kappa shape index (κ3) is 3.68. The number of pyridine rings is 1. The van der Waals surface area contributed by atoms with Crippen LogP contribution in [-0.4, -0.2) is 46.9 Å². The number of rotatable bonds is 3. The molecular formula is C18H21N3O2. The lowest BCUT2D eigenvalue weighted by Crippen LogP contribution is -2.48. The molecule has 5 heteroatoms. The van der Waals surface area contributed by atoms with Crippen molar-refractivity contribution in [3.63, 3.8) is 0 Å². The highest BCUT2D eigenvalue weighted by Crippen LogP contribution is 2.13. The van der Waals surface area contributed by atoms with E-state index in [1.807, 2.05) is 42.2 Å². The first-order chi connectivity index (χ1) is 11.1. The number of nitrogens with one attached hydrogen (secondary N) is 1. The maximum Gasteiger partial charge on any atom is 0.254 e. The lowest BCUT2D eigenvalue weighted by Gasteiger charge is -2.35. The second kappa shape index (κ2) is 6.79. The van der Waals surface area contributed by atoms with Gasteiger partial charge in [-0.25, -0.2) is 0 Å². The van der Waals surface area contributed by atoms with Crippen LogP contribution in [0.3, 0.4) is 0 Å². The van der Waals surface area contributed by atoms with Gasteiger partial charge in [0.2, 0.25) is 5.56 Å². The van der Waals surface area contributed by atoms with E-state index >= 15 is 0 Å². The second-order valence-electron chi connectivity index (χ2n) is 5.94. The Morgan fingerprint density at radius 2 is 1.83 bits per heavy atom. The highest BCUT2D eigenvalue weighted by atomic mass is 16.2. The molecule has 0 saturated carbocycles. The number of amides is 1. The number of nitrogens with zero attached hydrogens (tertiary/aromatic N) is 2. The van der Waals surface area contributed by atoms with Crippen molar-refractivity contribution >= 4 is 5.91 Å². The van der Waals surface area contributed by atoms with Crippen molar-refractivity contribution in [1.82, 2.24) is 14.8 Å². The van der Waals surface area contributed by atoms with Crippen molar-refractivity contribution < 1.29 is 4.79 Å². The average Bonchev–Trinajstić information content (AvgIpc) is 2.57. The minimum atomic E-state index is -0.0811. The Morgan fingerprint density at radius 3 is 2.48 bits per heavy atom. The van der Waals surface area contributed by atoms with Crippen molar-refractivity contribution in [2.24, 2.45) is 0 Å². The Labute approximate surface area is 135 Å². The molecule has 120 valence electrons. The van der Waals surface area contributed by atoms with E-state index in [1.54, 1.807) is 12.3 Å². The monoisotopic (exact) mass is 311 g/mol. The third-order valence-electron chi connectivity index (χ3n) is 4.29. The molecule has 1 aliphatic heterocycles. The smallest absolute Gasteiger partial charge is 0.254 e. The van der Waals surface area contributed by atoms with Crippen molar-refractivity contribution in [3.8, 4) is 0 Å². The van der Waals surface area contributed by atoms with Crippen LogP contribution in [0, 0.1) is 6.92 Å². The Balaban J connectivity index is 1.58. The van der Waals surface area contributed by atoms with Gasteiger partial charge in [-0.15, -0.1) is 0 Å². The minimum Gasteiger partial charge on any atom is -0.336 e. The summed E-state index contributed by atoms with van der Waals surface area (Å²) in [7, 11) is 0. The second-order valence-corrected chi connectivity index (χ2v) is 5.94. The molecule has 0 aliphatic carbocycles. The van der Waals surface area contributed by atoms with Crippen LogP contribution in [0.2, 0.25) is 0 Å². The predicted octanol–water partition coefficient (Wildman–Crippen LogP) is 1.64. The highest BCUT2D eigenvalue weighted by molar-refractivity contribution is 5.95. The molecule has 0 atom stereocenters. The molecular weight excluding hydrogens is 290 g/mol. The molecule has 5 nitrogen and oxygen atoms in total. The first kappa shape index (κ1) is 15.5. The molecule has 2 aromatic rings. The van der Waals surface area contributed by atoms with Crippen LogP contribution in [-0.2, 0) is 6.54 Å². The molecule has 1 aliphatic rings. The number of aromatic amines is 1. The van der Waals surface area contributed by atoms with Gasteiger partial charge in [0.1, 0.15) is 0 Å².